The van der Waals surface area contributed by atoms with Gasteiger partial charge in [0.1, 0.15) is 24.0 Å². The summed E-state index contributed by atoms with van der Waals surface area (Å²) in [6.45, 7) is 0.303. The monoisotopic (exact) mass is 336 g/mol. The molecule has 7 heteroatoms. The molecule has 5 rings (SSSR count). The van der Waals surface area contributed by atoms with Crippen LogP contribution in [0, 0.1) is 11.3 Å². The van der Waals surface area contributed by atoms with E-state index in [1.165, 1.54) is 17.5 Å². The van der Waals surface area contributed by atoms with Crippen LogP contribution in [0.15, 0.2) is 4.79 Å². The highest BCUT2D eigenvalue weighted by molar-refractivity contribution is 5.39. The van der Waals surface area contributed by atoms with E-state index in [-0.39, 0.29) is 11.1 Å². The molecule has 2 heterocycles. The summed E-state index contributed by atoms with van der Waals surface area (Å²) in [4.78, 5) is 12.7. The van der Waals surface area contributed by atoms with Crippen molar-refractivity contribution in [3.8, 4) is 6.07 Å². The summed E-state index contributed by atoms with van der Waals surface area (Å²) in [5.74, 6) is 2.41. The van der Waals surface area contributed by atoms with Gasteiger partial charge in [-0.1, -0.05) is 0 Å². The Morgan fingerprint density at radius 1 is 1.12 bits per heavy atom. The number of nitrogens with zero attached hydrogens (tertiary/aromatic N) is 6. The molecule has 0 spiro atoms. The quantitative estimate of drug-likeness (QED) is 0.850. The van der Waals surface area contributed by atoms with Crippen LogP contribution in [0.1, 0.15) is 79.0 Å². The minimum atomic E-state index is -0.290. The van der Waals surface area contributed by atoms with Crippen molar-refractivity contribution in [3.05, 3.63) is 38.8 Å². The Kier molecular flexibility index (Phi) is 3.27. The first-order valence-corrected chi connectivity index (χ1v) is 9.23. The first-order chi connectivity index (χ1) is 12.3. The molecule has 0 atom stereocenters. The van der Waals surface area contributed by atoms with E-state index in [9.17, 15) is 10.1 Å². The SMILES string of the molecule is N#Cc1c2c(nn(Cc3nnc(C4CC4)n3C3CC3)c1=O)CCCC2. The number of aromatic nitrogens is 5. The van der Waals surface area contributed by atoms with Gasteiger partial charge in [-0.3, -0.25) is 4.79 Å². The molecule has 0 N–H and O–H groups in total. The fourth-order valence-corrected chi connectivity index (χ4v) is 3.87. The standard InChI is InChI=1S/C18H20N6O/c19-9-14-13-3-1-2-4-15(13)22-23(18(14)25)10-16-20-21-17(11-5-6-11)24(16)12-7-8-12/h11-12H,1-8,10H2. The molecule has 2 fully saturated rings. The molecule has 2 saturated carbocycles. The van der Waals surface area contributed by atoms with E-state index in [1.807, 2.05) is 0 Å². The van der Waals surface area contributed by atoms with Crippen molar-refractivity contribution in [1.82, 2.24) is 24.5 Å². The largest absolute Gasteiger partial charge is 0.310 e. The molecule has 0 amide bonds. The Hall–Kier alpha value is -2.49. The maximum atomic E-state index is 12.7. The summed E-state index contributed by atoms with van der Waals surface area (Å²) >= 11 is 0. The minimum absolute atomic E-state index is 0.268. The average molecular weight is 336 g/mol. The molecule has 2 aromatic rings. The zero-order valence-electron chi connectivity index (χ0n) is 14.1. The third-order valence-electron chi connectivity index (χ3n) is 5.48. The highest BCUT2D eigenvalue weighted by Crippen LogP contribution is 2.44. The first-order valence-electron chi connectivity index (χ1n) is 9.23. The van der Waals surface area contributed by atoms with Crippen LogP contribution in [0.4, 0.5) is 0 Å². The third kappa shape index (κ3) is 2.48. The van der Waals surface area contributed by atoms with Crippen molar-refractivity contribution in [2.45, 2.75) is 69.9 Å². The average Bonchev–Trinajstić information content (AvgIpc) is 3.55. The van der Waals surface area contributed by atoms with Crippen molar-refractivity contribution >= 4 is 0 Å². The zero-order chi connectivity index (χ0) is 17.0. The van der Waals surface area contributed by atoms with E-state index in [2.05, 4.69) is 25.9 Å². The first kappa shape index (κ1) is 14.8. The Bertz CT molecular complexity index is 942. The van der Waals surface area contributed by atoms with Crippen LogP contribution in [0.5, 0.6) is 0 Å². The molecule has 0 radical (unpaired) electrons. The van der Waals surface area contributed by atoms with Gasteiger partial charge in [-0.15, -0.1) is 10.2 Å². The lowest BCUT2D eigenvalue weighted by molar-refractivity contribution is 0.536. The molecular weight excluding hydrogens is 316 g/mol. The zero-order valence-corrected chi connectivity index (χ0v) is 14.1. The van der Waals surface area contributed by atoms with Crippen molar-refractivity contribution in [3.63, 3.8) is 0 Å². The number of rotatable bonds is 4. The Labute approximate surface area is 145 Å². The third-order valence-corrected chi connectivity index (χ3v) is 5.48. The van der Waals surface area contributed by atoms with Gasteiger partial charge >= 0.3 is 0 Å². The van der Waals surface area contributed by atoms with Crippen LogP contribution < -0.4 is 5.56 Å². The molecule has 25 heavy (non-hydrogen) atoms. The Balaban J connectivity index is 1.57. The molecule has 0 saturated heterocycles. The fourth-order valence-electron chi connectivity index (χ4n) is 3.87. The lowest BCUT2D eigenvalue weighted by Crippen LogP contribution is -2.31. The van der Waals surface area contributed by atoms with Gasteiger partial charge in [-0.25, -0.2) is 4.68 Å². The van der Waals surface area contributed by atoms with Crippen molar-refractivity contribution in [2.75, 3.05) is 0 Å². The molecule has 128 valence electrons. The number of hydrogen-bond acceptors (Lipinski definition) is 5. The van der Waals surface area contributed by atoms with Crippen molar-refractivity contribution < 1.29 is 0 Å². The second-order valence-electron chi connectivity index (χ2n) is 7.43. The molecule has 3 aliphatic carbocycles. The van der Waals surface area contributed by atoms with Gasteiger partial charge in [0.2, 0.25) is 0 Å². The highest BCUT2D eigenvalue weighted by Gasteiger charge is 2.36. The summed E-state index contributed by atoms with van der Waals surface area (Å²) in [5, 5.41) is 22.8. The maximum Gasteiger partial charge on any atom is 0.285 e. The number of hydrogen-bond donors (Lipinski definition) is 0. The summed E-state index contributed by atoms with van der Waals surface area (Å²) in [7, 11) is 0. The van der Waals surface area contributed by atoms with Gasteiger partial charge in [0.05, 0.1) is 5.69 Å². The van der Waals surface area contributed by atoms with Crippen LogP contribution in [-0.2, 0) is 19.4 Å². The highest BCUT2D eigenvalue weighted by atomic mass is 16.1. The van der Waals surface area contributed by atoms with Crippen molar-refractivity contribution in [2.24, 2.45) is 0 Å². The second kappa shape index (κ2) is 5.51. The topological polar surface area (TPSA) is 89.4 Å². The van der Waals surface area contributed by atoms with E-state index in [0.717, 1.165) is 61.4 Å². The van der Waals surface area contributed by atoms with Crippen molar-refractivity contribution in [1.29, 1.82) is 5.26 Å². The summed E-state index contributed by atoms with van der Waals surface area (Å²) < 4.78 is 3.67. The second-order valence-corrected chi connectivity index (χ2v) is 7.43. The smallest absolute Gasteiger partial charge is 0.285 e. The van der Waals surface area contributed by atoms with Gasteiger partial charge < -0.3 is 4.57 Å². The lowest BCUT2D eigenvalue weighted by Gasteiger charge is -2.17. The van der Waals surface area contributed by atoms with E-state index in [1.54, 1.807) is 0 Å². The van der Waals surface area contributed by atoms with Gasteiger partial charge in [-0.2, -0.15) is 10.4 Å². The predicted molar refractivity (Wildman–Crippen MR) is 89.2 cm³/mol. The fraction of sp³-hybridized carbons (Fsp3) is 0.611. The van der Waals surface area contributed by atoms with Crippen LogP contribution in [0.2, 0.25) is 0 Å². The molecule has 2 aromatic heterocycles. The summed E-state index contributed by atoms with van der Waals surface area (Å²) in [6, 6.07) is 2.59. The number of aryl methyl sites for hydroxylation is 1. The lowest BCUT2D eigenvalue weighted by atomic mass is 9.93. The number of fused-ring (bicyclic) bond motifs is 1. The maximum absolute atomic E-state index is 12.7. The molecule has 0 aromatic carbocycles. The van der Waals surface area contributed by atoms with Gasteiger partial charge in [0.15, 0.2) is 5.82 Å². The summed E-state index contributed by atoms with van der Waals surface area (Å²) in [6.07, 6.45) is 8.38. The van der Waals surface area contributed by atoms with Crippen LogP contribution >= 0.6 is 0 Å². The molecule has 0 bridgehead atoms. The van der Waals surface area contributed by atoms with Gasteiger partial charge in [0, 0.05) is 12.0 Å². The summed E-state index contributed by atoms with van der Waals surface area (Å²) in [5.41, 5.74) is 1.74. The molecule has 0 unspecified atom stereocenters. The Morgan fingerprint density at radius 2 is 1.92 bits per heavy atom. The van der Waals surface area contributed by atoms with E-state index >= 15 is 0 Å². The van der Waals surface area contributed by atoms with Crippen LogP contribution in [0.25, 0.3) is 0 Å². The Morgan fingerprint density at radius 3 is 2.64 bits per heavy atom. The number of nitriles is 1. The van der Waals surface area contributed by atoms with E-state index in [4.69, 9.17) is 0 Å². The predicted octanol–water partition coefficient (Wildman–Crippen LogP) is 1.85. The molecule has 3 aliphatic rings. The molecular formula is C18H20N6O. The van der Waals surface area contributed by atoms with E-state index in [0.29, 0.717) is 18.5 Å². The normalized spacial score (nSPS) is 19.5. The van der Waals surface area contributed by atoms with Crippen LogP contribution in [0.3, 0.4) is 0 Å². The molecule has 7 nitrogen and oxygen atoms in total. The molecule has 0 aliphatic heterocycles. The van der Waals surface area contributed by atoms with Crippen LogP contribution in [-0.4, -0.2) is 24.5 Å². The van der Waals surface area contributed by atoms with Gasteiger partial charge in [0.25, 0.3) is 5.56 Å². The van der Waals surface area contributed by atoms with E-state index < -0.39 is 0 Å². The minimum Gasteiger partial charge on any atom is -0.310 e. The van der Waals surface area contributed by atoms with Gasteiger partial charge in [-0.05, 0) is 56.9 Å².